The highest BCUT2D eigenvalue weighted by Crippen LogP contribution is 2.37. The van der Waals surface area contributed by atoms with E-state index in [0.29, 0.717) is 61.1 Å². The van der Waals surface area contributed by atoms with Gasteiger partial charge >= 0.3 is 5.96 Å². The van der Waals surface area contributed by atoms with E-state index in [0.717, 1.165) is 48.9 Å². The van der Waals surface area contributed by atoms with Crippen LogP contribution >= 0.6 is 0 Å². The zero-order valence-electron chi connectivity index (χ0n) is 35.0. The fraction of sp³-hybridized carbons (Fsp3) is 0.283. The van der Waals surface area contributed by atoms with Crippen LogP contribution in [0.3, 0.4) is 0 Å². The first-order chi connectivity index (χ1) is 28.9. The van der Waals surface area contributed by atoms with E-state index >= 15 is 0 Å². The number of hydrogen-bond acceptors (Lipinski definition) is 9. The molecule has 60 heavy (non-hydrogen) atoms. The summed E-state index contributed by atoms with van der Waals surface area (Å²) in [7, 11) is 7.42. The van der Waals surface area contributed by atoms with Crippen LogP contribution < -0.4 is 9.80 Å². The Morgan fingerprint density at radius 2 is 1.23 bits per heavy atom. The lowest BCUT2D eigenvalue weighted by Crippen LogP contribution is -3.11. The van der Waals surface area contributed by atoms with Gasteiger partial charge in [-0.2, -0.15) is 9.48 Å². The highest BCUT2D eigenvalue weighted by Gasteiger charge is 2.32. The van der Waals surface area contributed by atoms with Gasteiger partial charge in [-0.15, -0.1) is 10.2 Å². The number of nitrogens with one attached hydrogen (secondary N) is 2. The van der Waals surface area contributed by atoms with Crippen molar-refractivity contribution >= 4 is 50.7 Å². The SMILES string of the molecule is Cc1ccc2ccc(O)c(N=NC3=[N+](C)C=C[NH+]3CCCN(C)C(=O)c3ccc(C(=O)N(C)CCC[NH+]4C=CN(C)C4N=Nc4c(O)ccc5ccc(C)cc45)cc3)c2c1. The number of nitrogens with zero attached hydrogens (tertiary/aromatic N) is 8. The number of benzene rings is 5. The molecule has 4 N–H and O–H groups in total. The molecule has 5 aromatic rings. The van der Waals surface area contributed by atoms with Crippen molar-refractivity contribution in [1.82, 2.24) is 14.7 Å². The van der Waals surface area contributed by atoms with Crippen molar-refractivity contribution in [3.63, 3.8) is 0 Å². The molecule has 0 radical (unpaired) electrons. The van der Waals surface area contributed by atoms with E-state index in [1.54, 1.807) is 60.3 Å². The van der Waals surface area contributed by atoms with Crippen LogP contribution in [-0.2, 0) is 0 Å². The van der Waals surface area contributed by atoms with Gasteiger partial charge in [0.25, 0.3) is 18.1 Å². The van der Waals surface area contributed by atoms with Crippen LogP contribution in [0.4, 0.5) is 11.4 Å². The molecule has 2 aliphatic rings. The number of phenols is 2. The number of hydrogen-bond donors (Lipinski definition) is 4. The van der Waals surface area contributed by atoms with Crippen LogP contribution in [0, 0.1) is 13.8 Å². The highest BCUT2D eigenvalue weighted by atomic mass is 16.3. The van der Waals surface area contributed by atoms with Crippen molar-refractivity contribution < 1.29 is 34.2 Å². The Hall–Kier alpha value is -6.77. The number of aryl methyl sites for hydroxylation is 2. The molecule has 0 bridgehead atoms. The van der Waals surface area contributed by atoms with Crippen molar-refractivity contribution in [2.75, 3.05) is 54.4 Å². The number of guanidine groups is 1. The summed E-state index contributed by atoms with van der Waals surface area (Å²) in [6.07, 6.45) is 9.07. The fourth-order valence-corrected chi connectivity index (χ4v) is 7.57. The first-order valence-electron chi connectivity index (χ1n) is 20.2. The maximum absolute atomic E-state index is 13.4. The molecule has 14 heteroatoms. The van der Waals surface area contributed by atoms with E-state index < -0.39 is 0 Å². The van der Waals surface area contributed by atoms with Crippen LogP contribution in [0.15, 0.2) is 130 Å². The predicted molar refractivity (Wildman–Crippen MR) is 232 cm³/mol. The van der Waals surface area contributed by atoms with Gasteiger partial charge < -0.3 is 24.9 Å². The second-order valence-electron chi connectivity index (χ2n) is 15.7. The lowest BCUT2D eigenvalue weighted by Gasteiger charge is -2.22. The summed E-state index contributed by atoms with van der Waals surface area (Å²) < 4.78 is 1.90. The molecule has 2 amide bonds. The molecule has 308 valence electrons. The van der Waals surface area contributed by atoms with E-state index in [1.165, 1.54) is 0 Å². The second-order valence-corrected chi connectivity index (χ2v) is 15.7. The molecule has 0 spiro atoms. The average molecular weight is 810 g/mol. The van der Waals surface area contributed by atoms with Crippen LogP contribution in [0.25, 0.3) is 21.5 Å². The third-order valence-electron chi connectivity index (χ3n) is 11.1. The van der Waals surface area contributed by atoms with Crippen molar-refractivity contribution in [2.45, 2.75) is 33.0 Å². The summed E-state index contributed by atoms with van der Waals surface area (Å²) in [6.45, 7) is 6.46. The summed E-state index contributed by atoms with van der Waals surface area (Å²) in [5.41, 5.74) is 4.05. The first-order valence-corrected chi connectivity index (χ1v) is 20.2. The van der Waals surface area contributed by atoms with Crippen LogP contribution in [0.1, 0.15) is 44.7 Å². The molecular formula is C46H53N10O4+3. The average Bonchev–Trinajstić information content (AvgIpc) is 3.78. The molecule has 0 saturated heterocycles. The topological polar surface area (TPSA) is 146 Å². The lowest BCUT2D eigenvalue weighted by molar-refractivity contribution is -0.877. The Labute approximate surface area is 350 Å². The maximum atomic E-state index is 13.4. The number of aromatic hydroxyl groups is 2. The molecule has 0 aliphatic carbocycles. The van der Waals surface area contributed by atoms with E-state index in [1.807, 2.05) is 111 Å². The van der Waals surface area contributed by atoms with Gasteiger partial charge in [0, 0.05) is 69.0 Å². The molecular weight excluding hydrogens is 757 g/mol. The quantitative estimate of drug-likeness (QED) is 0.0922. The minimum atomic E-state index is -0.303. The second kappa shape index (κ2) is 18.0. The van der Waals surface area contributed by atoms with Crippen molar-refractivity contribution in [3.8, 4) is 11.5 Å². The molecule has 0 fully saturated rings. The summed E-state index contributed by atoms with van der Waals surface area (Å²) in [6, 6.07) is 25.9. The minimum absolute atomic E-state index is 0.0723. The van der Waals surface area contributed by atoms with Crippen LogP contribution in [0.5, 0.6) is 11.5 Å². The summed E-state index contributed by atoms with van der Waals surface area (Å²) in [5, 5.41) is 43.1. The molecule has 14 nitrogen and oxygen atoms in total. The van der Waals surface area contributed by atoms with Crippen molar-refractivity contribution in [3.05, 3.63) is 132 Å². The van der Waals surface area contributed by atoms with Gasteiger partial charge in [-0.1, -0.05) is 47.5 Å². The third-order valence-corrected chi connectivity index (χ3v) is 11.1. The molecule has 0 saturated carbocycles. The molecule has 7 rings (SSSR count). The first kappa shape index (κ1) is 41.4. The lowest BCUT2D eigenvalue weighted by atomic mass is 10.1. The number of carbonyl (C=O) groups is 2. The predicted octanol–water partition coefficient (Wildman–Crippen LogP) is 5.47. The smallest absolute Gasteiger partial charge is 0.506 e. The molecule has 2 heterocycles. The van der Waals surface area contributed by atoms with Crippen molar-refractivity contribution in [2.24, 2.45) is 20.5 Å². The summed E-state index contributed by atoms with van der Waals surface area (Å²) in [4.78, 5) is 34.2. The standard InChI is InChI=1S/C46H50N10O4/c1-31-9-11-33-17-19-39(57)41(37(33)29-31)47-49-45-53(5)25-27-55(45)23-7-21-51(3)43(59)35-13-15-36(16-14-35)44(60)52(4)22-8-24-56-28-26-54(6)46(56)50-48-42-38-30-32(2)10-12-34(38)18-20-40(42)58/h9-20,25-30,45H,7-8,21-24H2,1-6H3,(H,49,57)/p+3. The van der Waals surface area contributed by atoms with Gasteiger partial charge in [0.1, 0.15) is 40.9 Å². The van der Waals surface area contributed by atoms with E-state index in [2.05, 4.69) is 20.5 Å². The van der Waals surface area contributed by atoms with E-state index in [-0.39, 0.29) is 29.6 Å². The number of amides is 2. The Morgan fingerprint density at radius 1 is 0.717 bits per heavy atom. The number of azo groups is 2. The van der Waals surface area contributed by atoms with Gasteiger partial charge in [0.2, 0.25) is 0 Å². The summed E-state index contributed by atoms with van der Waals surface area (Å²) >= 11 is 0. The Kier molecular flexibility index (Phi) is 12.4. The maximum Gasteiger partial charge on any atom is 0.524 e. The zero-order chi connectivity index (χ0) is 42.5. The van der Waals surface area contributed by atoms with Gasteiger partial charge in [-0.25, -0.2) is 0 Å². The number of carbonyl (C=O) groups excluding carboxylic acids is 2. The molecule has 0 aromatic heterocycles. The van der Waals surface area contributed by atoms with E-state index in [9.17, 15) is 19.8 Å². The van der Waals surface area contributed by atoms with Gasteiger partial charge in [0.15, 0.2) is 5.69 Å². The highest BCUT2D eigenvalue weighted by molar-refractivity contribution is 5.98. The van der Waals surface area contributed by atoms with Gasteiger partial charge in [-0.05, 0) is 78.3 Å². The monoisotopic (exact) mass is 809 g/mol. The zero-order valence-corrected chi connectivity index (χ0v) is 35.0. The van der Waals surface area contributed by atoms with Gasteiger partial charge in [0.05, 0.1) is 26.3 Å². The largest absolute Gasteiger partial charge is 0.524 e. The minimum Gasteiger partial charge on any atom is -0.506 e. The molecule has 3 unspecified atom stereocenters. The Balaban J connectivity index is 0.881. The van der Waals surface area contributed by atoms with Crippen LogP contribution in [0.2, 0.25) is 0 Å². The van der Waals surface area contributed by atoms with Crippen molar-refractivity contribution in [1.29, 1.82) is 0 Å². The number of rotatable bonds is 13. The number of phenolic OH excluding ortho intramolecular Hbond substituents is 2. The molecule has 5 aromatic carbocycles. The number of fused-ring (bicyclic) bond motifs is 2. The number of quaternary nitrogens is 2. The Bertz CT molecular complexity index is 2570. The van der Waals surface area contributed by atoms with Gasteiger partial charge in [-0.3, -0.25) is 14.5 Å². The molecule has 2 aliphatic heterocycles. The van der Waals surface area contributed by atoms with E-state index in [4.69, 9.17) is 0 Å². The third kappa shape index (κ3) is 9.09. The van der Waals surface area contributed by atoms with Crippen LogP contribution in [-0.4, -0.2) is 108 Å². The fourth-order valence-electron chi connectivity index (χ4n) is 7.57. The normalized spacial score (nSPS) is 17.6. The molecule has 3 atom stereocenters. The summed E-state index contributed by atoms with van der Waals surface area (Å²) in [5.74, 6) is 0.609. The Morgan fingerprint density at radius 3 is 1.80 bits per heavy atom.